The van der Waals surface area contributed by atoms with Crippen molar-refractivity contribution >= 4 is 0 Å². The summed E-state index contributed by atoms with van der Waals surface area (Å²) in [6.07, 6.45) is 4.19. The third-order valence-corrected chi connectivity index (χ3v) is 3.95. The average Bonchev–Trinajstić information content (AvgIpc) is 2.33. The Bertz CT molecular complexity index is 384. The quantitative estimate of drug-likeness (QED) is 0.836. The molecule has 2 nitrogen and oxygen atoms in total. The predicted molar refractivity (Wildman–Crippen MR) is 71.0 cm³/mol. The van der Waals surface area contributed by atoms with E-state index in [1.54, 1.807) is 13.2 Å². The molecule has 1 atom stereocenters. The lowest BCUT2D eigenvalue weighted by Crippen LogP contribution is -2.51. The third kappa shape index (κ3) is 2.43. The van der Waals surface area contributed by atoms with Gasteiger partial charge in [0.2, 0.25) is 0 Å². The second kappa shape index (κ2) is 5.81. The van der Waals surface area contributed by atoms with Crippen LogP contribution in [0.3, 0.4) is 0 Å². The molecule has 0 radical (unpaired) electrons. The Kier molecular flexibility index (Phi) is 4.36. The Balaban J connectivity index is 2.27. The first-order valence-electron chi connectivity index (χ1n) is 6.76. The minimum Gasteiger partial charge on any atom is -0.376 e. The van der Waals surface area contributed by atoms with Gasteiger partial charge in [-0.2, -0.15) is 0 Å². The molecule has 0 saturated heterocycles. The molecule has 1 unspecified atom stereocenters. The van der Waals surface area contributed by atoms with Gasteiger partial charge in [-0.15, -0.1) is 0 Å². The van der Waals surface area contributed by atoms with Gasteiger partial charge < -0.3 is 10.1 Å². The highest BCUT2D eigenvalue weighted by molar-refractivity contribution is 5.25. The summed E-state index contributed by atoms with van der Waals surface area (Å²) < 4.78 is 19.7. The van der Waals surface area contributed by atoms with Gasteiger partial charge in [0.15, 0.2) is 0 Å². The van der Waals surface area contributed by atoms with Crippen molar-refractivity contribution in [1.82, 2.24) is 5.32 Å². The number of halogens is 1. The highest BCUT2D eigenvalue weighted by Crippen LogP contribution is 2.45. The van der Waals surface area contributed by atoms with Crippen LogP contribution in [-0.4, -0.2) is 19.3 Å². The molecule has 1 fully saturated rings. The Morgan fingerprint density at radius 2 is 2.11 bits per heavy atom. The highest BCUT2D eigenvalue weighted by Gasteiger charge is 2.45. The minimum absolute atomic E-state index is 0.0441. The summed E-state index contributed by atoms with van der Waals surface area (Å²) in [5, 5.41) is 3.46. The van der Waals surface area contributed by atoms with E-state index in [2.05, 4.69) is 12.2 Å². The van der Waals surface area contributed by atoms with Crippen LogP contribution in [0.5, 0.6) is 0 Å². The van der Waals surface area contributed by atoms with Crippen LogP contribution in [0, 0.1) is 5.82 Å². The van der Waals surface area contributed by atoms with Crippen LogP contribution in [0.1, 0.15) is 44.2 Å². The smallest absolute Gasteiger partial charge is 0.128 e. The molecule has 1 N–H and O–H groups in total. The van der Waals surface area contributed by atoms with Crippen molar-refractivity contribution in [3.05, 3.63) is 35.6 Å². The number of ether oxygens (including phenoxy) is 1. The van der Waals surface area contributed by atoms with E-state index in [9.17, 15) is 4.39 Å². The van der Waals surface area contributed by atoms with Crippen LogP contribution in [0.25, 0.3) is 0 Å². The number of rotatable bonds is 6. The summed E-state index contributed by atoms with van der Waals surface area (Å²) in [4.78, 5) is 0. The van der Waals surface area contributed by atoms with Crippen LogP contribution in [0.15, 0.2) is 24.3 Å². The van der Waals surface area contributed by atoms with Crippen LogP contribution in [0.4, 0.5) is 4.39 Å². The number of benzene rings is 1. The first-order valence-corrected chi connectivity index (χ1v) is 6.76. The molecule has 0 spiro atoms. The van der Waals surface area contributed by atoms with Gasteiger partial charge in [-0.1, -0.05) is 25.1 Å². The Morgan fingerprint density at radius 3 is 2.61 bits per heavy atom. The van der Waals surface area contributed by atoms with Crippen molar-refractivity contribution in [3.8, 4) is 0 Å². The molecule has 3 heteroatoms. The van der Waals surface area contributed by atoms with Crippen molar-refractivity contribution in [2.24, 2.45) is 0 Å². The zero-order valence-corrected chi connectivity index (χ0v) is 11.2. The van der Waals surface area contributed by atoms with Crippen LogP contribution in [-0.2, 0) is 4.74 Å². The molecular formula is C15H22FNO. The molecule has 2 rings (SSSR count). The largest absolute Gasteiger partial charge is 0.376 e. The first kappa shape index (κ1) is 13.5. The van der Waals surface area contributed by atoms with Gasteiger partial charge in [-0.05, 0) is 38.3 Å². The summed E-state index contributed by atoms with van der Waals surface area (Å²) in [5.41, 5.74) is 0.504. The fourth-order valence-electron chi connectivity index (χ4n) is 2.71. The molecule has 0 aliphatic heterocycles. The molecule has 1 aliphatic carbocycles. The Labute approximate surface area is 109 Å². The van der Waals surface area contributed by atoms with Gasteiger partial charge in [0.05, 0.1) is 11.6 Å². The fraction of sp³-hybridized carbons (Fsp3) is 0.600. The number of methoxy groups -OCH3 is 1. The van der Waals surface area contributed by atoms with Crippen molar-refractivity contribution in [2.45, 2.75) is 44.2 Å². The lowest BCUT2D eigenvalue weighted by atomic mass is 9.72. The molecule has 0 bridgehead atoms. The van der Waals surface area contributed by atoms with Crippen molar-refractivity contribution in [2.75, 3.05) is 13.7 Å². The topological polar surface area (TPSA) is 21.3 Å². The maximum Gasteiger partial charge on any atom is 0.128 e. The maximum atomic E-state index is 14.0. The van der Waals surface area contributed by atoms with Gasteiger partial charge >= 0.3 is 0 Å². The zero-order chi connectivity index (χ0) is 13.0. The summed E-state index contributed by atoms with van der Waals surface area (Å²) >= 11 is 0. The second-order valence-electron chi connectivity index (χ2n) is 5.03. The molecule has 100 valence electrons. The molecule has 1 aromatic rings. The summed E-state index contributed by atoms with van der Waals surface area (Å²) in [5.74, 6) is -0.144. The predicted octanol–water partition coefficient (Wildman–Crippen LogP) is 3.44. The summed E-state index contributed by atoms with van der Waals surface area (Å²) in [7, 11) is 1.74. The molecule has 0 heterocycles. The monoisotopic (exact) mass is 251 g/mol. The van der Waals surface area contributed by atoms with Crippen LogP contribution in [0.2, 0.25) is 0 Å². The van der Waals surface area contributed by atoms with E-state index in [-0.39, 0.29) is 17.5 Å². The van der Waals surface area contributed by atoms with Gasteiger partial charge in [0.25, 0.3) is 0 Å². The standard InChI is InChI=1S/C15H22FNO/c1-3-11-17-14(15(18-2)9-6-10-15)12-7-4-5-8-13(12)16/h4-5,7-8,14,17H,3,6,9-11H2,1-2H3. The number of hydrogen-bond acceptors (Lipinski definition) is 2. The summed E-state index contributed by atoms with van der Waals surface area (Å²) in [6.45, 7) is 3.00. The average molecular weight is 251 g/mol. The van der Waals surface area contributed by atoms with Gasteiger partial charge in [0, 0.05) is 12.7 Å². The van der Waals surface area contributed by atoms with E-state index < -0.39 is 0 Å². The van der Waals surface area contributed by atoms with Gasteiger partial charge in [0.1, 0.15) is 5.82 Å². The molecular weight excluding hydrogens is 229 g/mol. The Hall–Kier alpha value is -0.930. The molecule has 1 aliphatic rings. The maximum absolute atomic E-state index is 14.0. The first-order chi connectivity index (χ1) is 8.73. The molecule has 18 heavy (non-hydrogen) atoms. The molecule has 0 amide bonds. The number of hydrogen-bond donors (Lipinski definition) is 1. The number of nitrogens with one attached hydrogen (secondary N) is 1. The van der Waals surface area contributed by atoms with Gasteiger partial charge in [-0.25, -0.2) is 4.39 Å². The highest BCUT2D eigenvalue weighted by atomic mass is 19.1. The second-order valence-corrected chi connectivity index (χ2v) is 5.03. The van der Waals surface area contributed by atoms with Gasteiger partial charge in [-0.3, -0.25) is 0 Å². The normalized spacial score (nSPS) is 19.3. The molecule has 0 aromatic heterocycles. The van der Waals surface area contributed by atoms with Crippen LogP contribution >= 0.6 is 0 Å². The van der Waals surface area contributed by atoms with E-state index in [0.717, 1.165) is 37.8 Å². The SMILES string of the molecule is CCCNC(c1ccccc1F)C1(OC)CCC1. The minimum atomic E-state index is -0.225. The van der Waals surface area contributed by atoms with Crippen molar-refractivity contribution < 1.29 is 9.13 Å². The lowest BCUT2D eigenvalue weighted by molar-refractivity contribution is -0.100. The zero-order valence-electron chi connectivity index (χ0n) is 11.2. The van der Waals surface area contributed by atoms with Crippen molar-refractivity contribution in [1.29, 1.82) is 0 Å². The lowest BCUT2D eigenvalue weighted by Gasteiger charge is -2.47. The van der Waals surface area contributed by atoms with Crippen molar-refractivity contribution in [3.63, 3.8) is 0 Å². The molecule has 1 aromatic carbocycles. The van der Waals surface area contributed by atoms with E-state index in [4.69, 9.17) is 4.74 Å². The van der Waals surface area contributed by atoms with Crippen LogP contribution < -0.4 is 5.32 Å². The third-order valence-electron chi connectivity index (χ3n) is 3.95. The fourth-order valence-corrected chi connectivity index (χ4v) is 2.71. The molecule has 1 saturated carbocycles. The van der Waals surface area contributed by atoms with E-state index in [1.165, 1.54) is 6.07 Å². The summed E-state index contributed by atoms with van der Waals surface area (Å²) in [6, 6.07) is 6.97. The Morgan fingerprint density at radius 1 is 1.39 bits per heavy atom. The van der Waals surface area contributed by atoms with E-state index in [0.29, 0.717) is 0 Å². The van der Waals surface area contributed by atoms with E-state index >= 15 is 0 Å². The van der Waals surface area contributed by atoms with E-state index in [1.807, 2.05) is 12.1 Å².